The molecule has 3 rings (SSSR count). The van der Waals surface area contributed by atoms with Crippen molar-refractivity contribution in [3.63, 3.8) is 0 Å². The minimum absolute atomic E-state index is 0.112. The van der Waals surface area contributed by atoms with Gasteiger partial charge >= 0.3 is 5.97 Å². The van der Waals surface area contributed by atoms with Crippen LogP contribution in [0.3, 0.4) is 0 Å². The van der Waals surface area contributed by atoms with Crippen LogP contribution in [-0.2, 0) is 18.3 Å². The van der Waals surface area contributed by atoms with E-state index in [4.69, 9.17) is 4.74 Å². The summed E-state index contributed by atoms with van der Waals surface area (Å²) in [7, 11) is 3.76. The summed E-state index contributed by atoms with van der Waals surface area (Å²) in [6.45, 7) is 2.09. The fourth-order valence-electron chi connectivity index (χ4n) is 3.82. The van der Waals surface area contributed by atoms with Crippen molar-refractivity contribution in [3.05, 3.63) is 29.0 Å². The minimum atomic E-state index is -0.718. The second-order valence-corrected chi connectivity index (χ2v) is 5.95. The number of rotatable bonds is 3. The van der Waals surface area contributed by atoms with Crippen molar-refractivity contribution in [1.82, 2.24) is 4.57 Å². The average molecular weight is 287 g/mol. The third kappa shape index (κ3) is 2.19. The molecule has 21 heavy (non-hydrogen) atoms. The lowest BCUT2D eigenvalue weighted by Crippen LogP contribution is -2.14. The van der Waals surface area contributed by atoms with Crippen molar-refractivity contribution in [2.24, 2.45) is 7.05 Å². The van der Waals surface area contributed by atoms with Gasteiger partial charge in [0, 0.05) is 18.1 Å². The summed E-state index contributed by atoms with van der Waals surface area (Å²) in [6.07, 6.45) is 3.25. The lowest BCUT2D eigenvalue weighted by atomic mass is 9.83. The Hall–Kier alpha value is -1.97. The number of aryl methyl sites for hydroxylation is 2. The van der Waals surface area contributed by atoms with Crippen molar-refractivity contribution in [3.8, 4) is 5.75 Å². The van der Waals surface area contributed by atoms with Crippen molar-refractivity contribution in [1.29, 1.82) is 0 Å². The molecule has 0 fully saturated rings. The number of ether oxygens (including phenoxy) is 1. The van der Waals surface area contributed by atoms with Gasteiger partial charge in [-0.05, 0) is 55.4 Å². The number of aliphatic carboxylic acids is 1. The molecule has 1 aliphatic carbocycles. The minimum Gasteiger partial charge on any atom is -0.497 e. The highest BCUT2D eigenvalue weighted by Crippen LogP contribution is 2.42. The van der Waals surface area contributed by atoms with Gasteiger partial charge in [0.25, 0.3) is 0 Å². The number of carboxylic acids is 1. The molecule has 1 N–H and O–H groups in total. The summed E-state index contributed by atoms with van der Waals surface area (Å²) in [5.74, 6) is 0.235. The SMILES string of the molecule is COc1cc(C)c2c(c1)c1c(n2C)CCCC1CC(=O)O. The van der Waals surface area contributed by atoms with Crippen molar-refractivity contribution >= 4 is 16.9 Å². The topological polar surface area (TPSA) is 51.5 Å². The first-order valence-corrected chi connectivity index (χ1v) is 7.40. The van der Waals surface area contributed by atoms with E-state index in [-0.39, 0.29) is 12.3 Å². The number of benzene rings is 1. The van der Waals surface area contributed by atoms with E-state index in [0.29, 0.717) is 0 Å². The van der Waals surface area contributed by atoms with Gasteiger partial charge in [0.2, 0.25) is 0 Å². The van der Waals surface area contributed by atoms with Gasteiger partial charge in [0.15, 0.2) is 0 Å². The van der Waals surface area contributed by atoms with Crippen LogP contribution in [-0.4, -0.2) is 22.8 Å². The van der Waals surface area contributed by atoms with Crippen LogP contribution in [0.4, 0.5) is 0 Å². The molecular weight excluding hydrogens is 266 g/mol. The molecule has 0 saturated carbocycles. The van der Waals surface area contributed by atoms with Gasteiger partial charge < -0.3 is 14.4 Å². The highest BCUT2D eigenvalue weighted by molar-refractivity contribution is 5.90. The molecule has 0 spiro atoms. The van der Waals surface area contributed by atoms with Crippen LogP contribution in [0.2, 0.25) is 0 Å². The van der Waals surface area contributed by atoms with Crippen molar-refractivity contribution in [2.45, 2.75) is 38.5 Å². The Morgan fingerprint density at radius 3 is 2.90 bits per heavy atom. The molecule has 1 atom stereocenters. The summed E-state index contributed by atoms with van der Waals surface area (Å²) >= 11 is 0. The van der Waals surface area contributed by atoms with E-state index >= 15 is 0 Å². The van der Waals surface area contributed by atoms with Gasteiger partial charge in [0.05, 0.1) is 19.0 Å². The number of fused-ring (bicyclic) bond motifs is 3. The van der Waals surface area contributed by atoms with Crippen molar-refractivity contribution in [2.75, 3.05) is 7.11 Å². The molecule has 2 aromatic rings. The summed E-state index contributed by atoms with van der Waals surface area (Å²) in [5.41, 5.74) is 4.90. The van der Waals surface area contributed by atoms with E-state index in [1.54, 1.807) is 7.11 Å². The molecular formula is C17H21NO3. The Bertz CT molecular complexity index is 715. The van der Waals surface area contributed by atoms with Gasteiger partial charge in [-0.1, -0.05) is 0 Å². The van der Waals surface area contributed by atoms with Crippen LogP contribution in [0.5, 0.6) is 5.75 Å². The fourth-order valence-corrected chi connectivity index (χ4v) is 3.82. The van der Waals surface area contributed by atoms with E-state index < -0.39 is 5.97 Å². The fraction of sp³-hybridized carbons (Fsp3) is 0.471. The zero-order valence-corrected chi connectivity index (χ0v) is 12.8. The third-order valence-corrected chi connectivity index (χ3v) is 4.65. The van der Waals surface area contributed by atoms with Gasteiger partial charge in [-0.15, -0.1) is 0 Å². The van der Waals surface area contributed by atoms with Gasteiger partial charge in [-0.25, -0.2) is 0 Å². The Labute approximate surface area is 124 Å². The molecule has 0 aliphatic heterocycles. The maximum Gasteiger partial charge on any atom is 0.303 e. The van der Waals surface area contributed by atoms with Crippen LogP contribution in [0.15, 0.2) is 12.1 Å². The Morgan fingerprint density at radius 1 is 1.48 bits per heavy atom. The monoisotopic (exact) mass is 287 g/mol. The summed E-state index contributed by atoms with van der Waals surface area (Å²) in [5, 5.41) is 10.4. The first-order chi connectivity index (χ1) is 10.0. The largest absolute Gasteiger partial charge is 0.497 e. The Balaban J connectivity index is 2.28. The number of hydrogen-bond donors (Lipinski definition) is 1. The molecule has 4 heteroatoms. The van der Waals surface area contributed by atoms with Crippen molar-refractivity contribution < 1.29 is 14.6 Å². The number of hydrogen-bond acceptors (Lipinski definition) is 2. The molecule has 0 bridgehead atoms. The maximum atomic E-state index is 11.2. The zero-order valence-electron chi connectivity index (χ0n) is 12.8. The number of methoxy groups -OCH3 is 1. The van der Waals surface area contributed by atoms with Gasteiger partial charge in [-0.2, -0.15) is 0 Å². The normalized spacial score (nSPS) is 17.8. The standard InChI is InChI=1S/C17H21NO3/c1-10-7-12(21-3)9-13-16-11(8-15(19)20)5-4-6-14(16)18(2)17(10)13/h7,9,11H,4-6,8H2,1-3H3,(H,19,20). The number of carbonyl (C=O) groups is 1. The first-order valence-electron chi connectivity index (χ1n) is 7.40. The molecule has 4 nitrogen and oxygen atoms in total. The molecule has 112 valence electrons. The van der Waals surface area contributed by atoms with Crippen LogP contribution in [0.25, 0.3) is 10.9 Å². The average Bonchev–Trinajstić information content (AvgIpc) is 2.73. The predicted molar refractivity (Wildman–Crippen MR) is 82.1 cm³/mol. The number of aromatic nitrogens is 1. The summed E-state index contributed by atoms with van der Waals surface area (Å²) < 4.78 is 7.64. The molecule has 1 aliphatic rings. The van der Waals surface area contributed by atoms with E-state index in [1.807, 2.05) is 6.07 Å². The maximum absolute atomic E-state index is 11.2. The quantitative estimate of drug-likeness (QED) is 0.941. The predicted octanol–water partition coefficient (Wildman–Crippen LogP) is 3.39. The number of carboxylic acid groups (broad SMARTS) is 1. The van der Waals surface area contributed by atoms with E-state index in [1.165, 1.54) is 22.3 Å². The second-order valence-electron chi connectivity index (χ2n) is 5.95. The summed E-state index contributed by atoms with van der Waals surface area (Å²) in [4.78, 5) is 11.2. The third-order valence-electron chi connectivity index (χ3n) is 4.65. The molecule has 1 heterocycles. The molecule has 0 saturated heterocycles. The lowest BCUT2D eigenvalue weighted by molar-refractivity contribution is -0.137. The first kappa shape index (κ1) is 14.0. The van der Waals surface area contributed by atoms with E-state index in [2.05, 4.69) is 24.6 Å². The second kappa shape index (κ2) is 5.10. The van der Waals surface area contributed by atoms with E-state index in [9.17, 15) is 9.90 Å². The van der Waals surface area contributed by atoms with Crippen LogP contribution < -0.4 is 4.74 Å². The van der Waals surface area contributed by atoms with E-state index in [0.717, 1.165) is 30.4 Å². The summed E-state index contributed by atoms with van der Waals surface area (Å²) in [6, 6.07) is 4.10. The van der Waals surface area contributed by atoms with Gasteiger partial charge in [-0.3, -0.25) is 4.79 Å². The molecule has 1 aromatic heterocycles. The lowest BCUT2D eigenvalue weighted by Gasteiger charge is -2.22. The van der Waals surface area contributed by atoms with Crippen LogP contribution >= 0.6 is 0 Å². The Morgan fingerprint density at radius 2 is 2.24 bits per heavy atom. The molecule has 0 amide bonds. The molecule has 1 unspecified atom stereocenters. The highest BCUT2D eigenvalue weighted by atomic mass is 16.5. The molecule has 0 radical (unpaired) electrons. The van der Waals surface area contributed by atoms with Crippen LogP contribution in [0, 0.1) is 6.92 Å². The number of nitrogens with zero attached hydrogens (tertiary/aromatic N) is 1. The van der Waals surface area contributed by atoms with Crippen LogP contribution in [0.1, 0.15) is 42.0 Å². The highest BCUT2D eigenvalue weighted by Gasteiger charge is 2.28. The molecule has 1 aromatic carbocycles. The Kier molecular flexibility index (Phi) is 3.40. The van der Waals surface area contributed by atoms with Gasteiger partial charge in [0.1, 0.15) is 5.75 Å². The zero-order chi connectivity index (χ0) is 15.1. The smallest absolute Gasteiger partial charge is 0.303 e.